The van der Waals surface area contributed by atoms with E-state index in [1.807, 2.05) is 6.07 Å². The number of para-hydroxylation sites is 1. The zero-order valence-electron chi connectivity index (χ0n) is 9.93. The van der Waals surface area contributed by atoms with Gasteiger partial charge in [-0.3, -0.25) is 4.98 Å². The maximum absolute atomic E-state index is 12.0. The van der Waals surface area contributed by atoms with Crippen molar-refractivity contribution in [2.24, 2.45) is 5.11 Å². The Balaban J connectivity index is 2.21. The zero-order valence-corrected chi connectivity index (χ0v) is 9.93. The number of carbonyl (C=O) groups excluding carboxylic acids is 1. The average molecular weight is 254 g/mol. The van der Waals surface area contributed by atoms with E-state index >= 15 is 0 Å². The molecule has 0 amide bonds. The third-order valence-corrected chi connectivity index (χ3v) is 2.35. The standard InChI is InChI=1S/C13H10N4O2/c14-17-16-9-12-11(7-4-8-15-12)13(18)19-10-5-2-1-3-6-10/h1-8H,9H2. The predicted molar refractivity (Wildman–Crippen MR) is 68.5 cm³/mol. The number of carbonyl (C=O) groups is 1. The predicted octanol–water partition coefficient (Wildman–Crippen LogP) is 3.11. The highest BCUT2D eigenvalue weighted by molar-refractivity contribution is 5.92. The highest BCUT2D eigenvalue weighted by Gasteiger charge is 2.13. The molecule has 0 unspecified atom stereocenters. The van der Waals surface area contributed by atoms with E-state index in [0.29, 0.717) is 17.0 Å². The molecule has 1 heterocycles. The van der Waals surface area contributed by atoms with E-state index in [0.717, 1.165) is 0 Å². The Hall–Kier alpha value is -2.85. The first-order valence-corrected chi connectivity index (χ1v) is 5.53. The maximum Gasteiger partial charge on any atom is 0.345 e. The van der Waals surface area contributed by atoms with Crippen molar-refractivity contribution in [1.29, 1.82) is 0 Å². The molecule has 0 aliphatic rings. The van der Waals surface area contributed by atoms with Crippen molar-refractivity contribution in [3.63, 3.8) is 0 Å². The highest BCUT2D eigenvalue weighted by Crippen LogP contribution is 2.14. The third kappa shape index (κ3) is 3.31. The third-order valence-electron chi connectivity index (χ3n) is 2.35. The fraction of sp³-hybridized carbons (Fsp3) is 0.0769. The van der Waals surface area contributed by atoms with Crippen LogP contribution >= 0.6 is 0 Å². The van der Waals surface area contributed by atoms with Crippen molar-refractivity contribution in [2.75, 3.05) is 0 Å². The molecule has 0 spiro atoms. The number of nitrogens with zero attached hydrogens (tertiary/aromatic N) is 4. The smallest absolute Gasteiger partial charge is 0.345 e. The number of azide groups is 1. The van der Waals surface area contributed by atoms with E-state index in [1.165, 1.54) is 6.20 Å². The van der Waals surface area contributed by atoms with Crippen molar-refractivity contribution in [2.45, 2.75) is 6.54 Å². The quantitative estimate of drug-likeness (QED) is 0.276. The van der Waals surface area contributed by atoms with E-state index in [4.69, 9.17) is 10.3 Å². The van der Waals surface area contributed by atoms with Gasteiger partial charge in [-0.25, -0.2) is 4.79 Å². The lowest BCUT2D eigenvalue weighted by Gasteiger charge is -2.06. The Morgan fingerprint density at radius 1 is 1.26 bits per heavy atom. The molecule has 0 fully saturated rings. The van der Waals surface area contributed by atoms with Crippen LogP contribution in [-0.4, -0.2) is 11.0 Å². The van der Waals surface area contributed by atoms with Crippen LogP contribution < -0.4 is 4.74 Å². The Bertz CT molecular complexity index is 622. The van der Waals surface area contributed by atoms with Crippen molar-refractivity contribution in [3.05, 3.63) is 70.4 Å². The second kappa shape index (κ2) is 6.18. The van der Waals surface area contributed by atoms with Gasteiger partial charge >= 0.3 is 5.97 Å². The van der Waals surface area contributed by atoms with Gasteiger partial charge in [0, 0.05) is 11.1 Å². The van der Waals surface area contributed by atoms with Crippen molar-refractivity contribution < 1.29 is 9.53 Å². The number of aromatic nitrogens is 1. The number of esters is 1. The van der Waals surface area contributed by atoms with Gasteiger partial charge in [0.25, 0.3) is 0 Å². The molecule has 0 aliphatic heterocycles. The van der Waals surface area contributed by atoms with Gasteiger partial charge in [0.15, 0.2) is 0 Å². The number of ether oxygens (including phenoxy) is 1. The minimum Gasteiger partial charge on any atom is -0.423 e. The Labute approximate surface area is 109 Å². The van der Waals surface area contributed by atoms with E-state index in [2.05, 4.69) is 15.0 Å². The lowest BCUT2D eigenvalue weighted by Crippen LogP contribution is -2.12. The lowest BCUT2D eigenvalue weighted by molar-refractivity contribution is 0.0733. The minimum atomic E-state index is -0.526. The summed E-state index contributed by atoms with van der Waals surface area (Å²) in [5.41, 5.74) is 8.99. The van der Waals surface area contributed by atoms with Crippen LogP contribution in [0.2, 0.25) is 0 Å². The fourth-order valence-electron chi connectivity index (χ4n) is 1.50. The number of benzene rings is 1. The average Bonchev–Trinajstić information content (AvgIpc) is 2.46. The summed E-state index contributed by atoms with van der Waals surface area (Å²) in [5.74, 6) is -0.0754. The summed E-state index contributed by atoms with van der Waals surface area (Å²) in [7, 11) is 0. The molecule has 19 heavy (non-hydrogen) atoms. The van der Waals surface area contributed by atoms with Crippen LogP contribution in [0.3, 0.4) is 0 Å². The van der Waals surface area contributed by atoms with Crippen molar-refractivity contribution >= 4 is 5.97 Å². The van der Waals surface area contributed by atoms with Gasteiger partial charge in [0.1, 0.15) is 5.75 Å². The first-order chi connectivity index (χ1) is 9.31. The van der Waals surface area contributed by atoms with E-state index in [9.17, 15) is 4.79 Å². The second-order valence-electron chi connectivity index (χ2n) is 3.59. The highest BCUT2D eigenvalue weighted by atomic mass is 16.5. The summed E-state index contributed by atoms with van der Waals surface area (Å²) in [6.45, 7) is 0.0105. The molecule has 0 bridgehead atoms. The monoisotopic (exact) mass is 254 g/mol. The summed E-state index contributed by atoms with van der Waals surface area (Å²) in [6, 6.07) is 11.9. The molecule has 0 saturated heterocycles. The van der Waals surface area contributed by atoms with Gasteiger partial charge in [0.2, 0.25) is 0 Å². The van der Waals surface area contributed by atoms with Crippen molar-refractivity contribution in [3.8, 4) is 5.75 Å². The van der Waals surface area contributed by atoms with Crippen LogP contribution in [-0.2, 0) is 6.54 Å². The Morgan fingerprint density at radius 2 is 2.05 bits per heavy atom. The molecule has 6 heteroatoms. The topological polar surface area (TPSA) is 88.0 Å². The zero-order chi connectivity index (χ0) is 13.5. The number of pyridine rings is 1. The normalized spacial score (nSPS) is 9.47. The summed E-state index contributed by atoms with van der Waals surface area (Å²) < 4.78 is 5.21. The molecular formula is C13H10N4O2. The van der Waals surface area contributed by atoms with Gasteiger partial charge in [-0.2, -0.15) is 0 Å². The van der Waals surface area contributed by atoms with Crippen LogP contribution in [0.15, 0.2) is 53.8 Å². The first-order valence-electron chi connectivity index (χ1n) is 5.53. The second-order valence-corrected chi connectivity index (χ2v) is 3.59. The van der Waals surface area contributed by atoms with Gasteiger partial charge in [-0.15, -0.1) is 0 Å². The molecule has 2 aromatic rings. The Kier molecular flexibility index (Phi) is 4.10. The number of hydrogen-bond acceptors (Lipinski definition) is 4. The first kappa shape index (κ1) is 12.6. The molecular weight excluding hydrogens is 244 g/mol. The SMILES string of the molecule is [N-]=[N+]=NCc1ncccc1C(=O)Oc1ccccc1. The van der Waals surface area contributed by atoms with Gasteiger partial charge in [-0.05, 0) is 29.8 Å². The fourth-order valence-corrected chi connectivity index (χ4v) is 1.50. The number of rotatable bonds is 4. The number of hydrogen-bond donors (Lipinski definition) is 0. The van der Waals surface area contributed by atoms with E-state index in [1.54, 1.807) is 36.4 Å². The molecule has 0 aliphatic carbocycles. The lowest BCUT2D eigenvalue weighted by atomic mass is 10.2. The minimum absolute atomic E-state index is 0.0105. The van der Waals surface area contributed by atoms with Gasteiger partial charge in [0.05, 0.1) is 17.8 Å². The molecule has 1 aromatic carbocycles. The molecule has 2 rings (SSSR count). The van der Waals surface area contributed by atoms with Crippen LogP contribution in [0.5, 0.6) is 5.75 Å². The molecule has 0 saturated carbocycles. The van der Waals surface area contributed by atoms with Gasteiger partial charge in [-0.1, -0.05) is 23.3 Å². The van der Waals surface area contributed by atoms with Gasteiger partial charge < -0.3 is 4.74 Å². The van der Waals surface area contributed by atoms with Crippen LogP contribution in [0.4, 0.5) is 0 Å². The van der Waals surface area contributed by atoms with Crippen LogP contribution in [0.25, 0.3) is 10.4 Å². The van der Waals surface area contributed by atoms with Crippen LogP contribution in [0, 0.1) is 0 Å². The Morgan fingerprint density at radius 3 is 2.79 bits per heavy atom. The molecule has 0 radical (unpaired) electrons. The summed E-state index contributed by atoms with van der Waals surface area (Å²) >= 11 is 0. The molecule has 6 nitrogen and oxygen atoms in total. The van der Waals surface area contributed by atoms with Crippen LogP contribution in [0.1, 0.15) is 16.1 Å². The summed E-state index contributed by atoms with van der Waals surface area (Å²) in [5, 5.41) is 3.40. The summed E-state index contributed by atoms with van der Waals surface area (Å²) in [4.78, 5) is 18.7. The van der Waals surface area contributed by atoms with E-state index < -0.39 is 5.97 Å². The van der Waals surface area contributed by atoms with E-state index in [-0.39, 0.29) is 6.54 Å². The molecule has 94 valence electrons. The largest absolute Gasteiger partial charge is 0.423 e. The molecule has 0 N–H and O–H groups in total. The van der Waals surface area contributed by atoms with Crippen molar-refractivity contribution in [1.82, 2.24) is 4.98 Å². The molecule has 1 aromatic heterocycles. The summed E-state index contributed by atoms with van der Waals surface area (Å²) in [6.07, 6.45) is 1.53. The molecule has 0 atom stereocenters. The maximum atomic E-state index is 12.0.